The van der Waals surface area contributed by atoms with E-state index in [1.165, 1.54) is 12.1 Å². The second-order valence-electron chi connectivity index (χ2n) is 7.89. The molecule has 1 amide bonds. The highest BCUT2D eigenvalue weighted by Gasteiger charge is 2.31. The lowest BCUT2D eigenvalue weighted by atomic mass is 9.94. The molecule has 0 N–H and O–H groups in total. The molecule has 7 heteroatoms. The molecule has 1 saturated heterocycles. The number of amides is 1. The van der Waals surface area contributed by atoms with Gasteiger partial charge in [-0.1, -0.05) is 19.1 Å². The van der Waals surface area contributed by atoms with Crippen LogP contribution in [0, 0.1) is 5.82 Å². The van der Waals surface area contributed by atoms with E-state index >= 15 is 0 Å². The highest BCUT2D eigenvalue weighted by molar-refractivity contribution is 5.79. The zero-order valence-corrected chi connectivity index (χ0v) is 18.2. The molecule has 0 bridgehead atoms. The van der Waals surface area contributed by atoms with Crippen LogP contribution < -0.4 is 4.74 Å². The van der Waals surface area contributed by atoms with Crippen molar-refractivity contribution in [2.45, 2.75) is 45.1 Å². The van der Waals surface area contributed by atoms with Gasteiger partial charge in [0.05, 0.1) is 11.7 Å². The molecule has 1 aliphatic rings. The minimum atomic E-state index is -0.476. The lowest BCUT2D eigenvalue weighted by Crippen LogP contribution is -2.41. The van der Waals surface area contributed by atoms with Crippen molar-refractivity contribution in [2.24, 2.45) is 0 Å². The first kappa shape index (κ1) is 21.9. The maximum absolute atomic E-state index is 13.9. The Morgan fingerprint density at radius 2 is 2.00 bits per heavy atom. The van der Waals surface area contributed by atoms with E-state index in [1.54, 1.807) is 24.5 Å². The molecular formula is C25H27FN4O2. The first-order valence-electron chi connectivity index (χ1n) is 11.1. The van der Waals surface area contributed by atoms with Crippen LogP contribution in [0.1, 0.15) is 50.2 Å². The molecule has 1 aliphatic heterocycles. The highest BCUT2D eigenvalue weighted by atomic mass is 19.1. The molecule has 32 heavy (non-hydrogen) atoms. The molecule has 0 unspecified atom stereocenters. The van der Waals surface area contributed by atoms with E-state index < -0.39 is 5.82 Å². The number of aryl methyl sites for hydroxylation is 1. The summed E-state index contributed by atoms with van der Waals surface area (Å²) in [6, 6.07) is 9.80. The van der Waals surface area contributed by atoms with Crippen molar-refractivity contribution in [2.75, 3.05) is 13.2 Å². The van der Waals surface area contributed by atoms with Gasteiger partial charge < -0.3 is 9.64 Å². The summed E-state index contributed by atoms with van der Waals surface area (Å²) in [6.07, 6.45) is 9.79. The SMILES string of the molecule is CCCc1ncc(-c2ccncc2)c([C@H]2CCCCN2C(=O)COc2ccccc2F)n1. The Hall–Kier alpha value is -3.35. The Morgan fingerprint density at radius 1 is 1.19 bits per heavy atom. The number of pyridine rings is 1. The van der Waals surface area contributed by atoms with Gasteiger partial charge in [-0.05, 0) is 55.5 Å². The third kappa shape index (κ3) is 4.93. The summed E-state index contributed by atoms with van der Waals surface area (Å²) >= 11 is 0. The molecule has 0 spiro atoms. The average Bonchev–Trinajstić information content (AvgIpc) is 2.84. The number of rotatable bonds is 7. The lowest BCUT2D eigenvalue weighted by Gasteiger charge is -2.36. The fourth-order valence-electron chi connectivity index (χ4n) is 4.08. The zero-order chi connectivity index (χ0) is 22.3. The smallest absolute Gasteiger partial charge is 0.261 e. The van der Waals surface area contributed by atoms with Crippen molar-refractivity contribution in [3.8, 4) is 16.9 Å². The van der Waals surface area contributed by atoms with Crippen LogP contribution in [0.25, 0.3) is 11.1 Å². The molecule has 3 heterocycles. The quantitative estimate of drug-likeness (QED) is 0.536. The van der Waals surface area contributed by atoms with Crippen molar-refractivity contribution in [3.63, 3.8) is 0 Å². The van der Waals surface area contributed by atoms with E-state index in [2.05, 4.69) is 16.9 Å². The number of para-hydroxylation sites is 1. The Morgan fingerprint density at radius 3 is 2.78 bits per heavy atom. The number of likely N-dealkylation sites (tertiary alicyclic amines) is 1. The van der Waals surface area contributed by atoms with Gasteiger partial charge in [-0.2, -0.15) is 0 Å². The summed E-state index contributed by atoms with van der Waals surface area (Å²) < 4.78 is 19.4. The molecule has 6 nitrogen and oxygen atoms in total. The number of piperidine rings is 1. The second-order valence-corrected chi connectivity index (χ2v) is 7.89. The van der Waals surface area contributed by atoms with Crippen LogP contribution in [0.2, 0.25) is 0 Å². The van der Waals surface area contributed by atoms with Crippen LogP contribution in [0.3, 0.4) is 0 Å². The fourth-order valence-corrected chi connectivity index (χ4v) is 4.08. The van der Waals surface area contributed by atoms with E-state index in [-0.39, 0.29) is 24.3 Å². The fraction of sp³-hybridized carbons (Fsp3) is 0.360. The van der Waals surface area contributed by atoms with Gasteiger partial charge in [0.15, 0.2) is 18.2 Å². The number of carbonyl (C=O) groups is 1. The lowest BCUT2D eigenvalue weighted by molar-refractivity contribution is -0.137. The van der Waals surface area contributed by atoms with Gasteiger partial charge in [-0.15, -0.1) is 0 Å². The summed E-state index contributed by atoms with van der Waals surface area (Å²) in [5, 5.41) is 0. The van der Waals surface area contributed by atoms with Crippen LogP contribution in [-0.2, 0) is 11.2 Å². The molecule has 1 fully saturated rings. The third-order valence-corrected chi connectivity index (χ3v) is 5.66. The molecule has 0 radical (unpaired) electrons. The minimum Gasteiger partial charge on any atom is -0.481 e. The van der Waals surface area contributed by atoms with Crippen molar-refractivity contribution in [1.29, 1.82) is 0 Å². The summed E-state index contributed by atoms with van der Waals surface area (Å²) in [6.45, 7) is 2.50. The maximum Gasteiger partial charge on any atom is 0.261 e. The Labute approximate surface area is 187 Å². The number of benzene rings is 1. The normalized spacial score (nSPS) is 16.1. The minimum absolute atomic E-state index is 0.0825. The van der Waals surface area contributed by atoms with Gasteiger partial charge in [0.2, 0.25) is 0 Å². The number of hydrogen-bond acceptors (Lipinski definition) is 5. The maximum atomic E-state index is 13.9. The number of ether oxygens (including phenoxy) is 1. The van der Waals surface area contributed by atoms with E-state index in [0.717, 1.165) is 54.7 Å². The van der Waals surface area contributed by atoms with E-state index in [0.29, 0.717) is 6.54 Å². The van der Waals surface area contributed by atoms with Crippen LogP contribution in [0.15, 0.2) is 55.0 Å². The number of nitrogens with zero attached hydrogens (tertiary/aromatic N) is 4. The van der Waals surface area contributed by atoms with E-state index in [9.17, 15) is 9.18 Å². The number of carbonyl (C=O) groups excluding carboxylic acids is 1. The molecule has 4 rings (SSSR count). The first-order chi connectivity index (χ1) is 15.7. The molecule has 1 atom stereocenters. The molecule has 0 saturated carbocycles. The highest BCUT2D eigenvalue weighted by Crippen LogP contribution is 2.35. The Bertz CT molecular complexity index is 1060. The summed E-state index contributed by atoms with van der Waals surface area (Å²) in [7, 11) is 0. The van der Waals surface area contributed by atoms with Crippen molar-refractivity contribution in [1.82, 2.24) is 19.9 Å². The van der Waals surface area contributed by atoms with Gasteiger partial charge in [-0.3, -0.25) is 9.78 Å². The molecular weight excluding hydrogens is 407 g/mol. The van der Waals surface area contributed by atoms with Gasteiger partial charge in [-0.25, -0.2) is 14.4 Å². The van der Waals surface area contributed by atoms with Crippen molar-refractivity contribution < 1.29 is 13.9 Å². The predicted octanol–water partition coefficient (Wildman–Crippen LogP) is 4.76. The van der Waals surface area contributed by atoms with Crippen LogP contribution in [0.4, 0.5) is 4.39 Å². The summed E-state index contributed by atoms with van der Waals surface area (Å²) in [4.78, 5) is 28.5. The van der Waals surface area contributed by atoms with E-state index in [1.807, 2.05) is 23.2 Å². The number of halogens is 1. The molecule has 166 valence electrons. The summed E-state index contributed by atoms with van der Waals surface area (Å²) in [5.74, 6) is 0.213. The average molecular weight is 435 g/mol. The third-order valence-electron chi connectivity index (χ3n) is 5.66. The molecule has 3 aromatic rings. The zero-order valence-electron chi connectivity index (χ0n) is 18.2. The van der Waals surface area contributed by atoms with Gasteiger partial charge in [0, 0.05) is 37.1 Å². The Kier molecular flexibility index (Phi) is 7.04. The summed E-state index contributed by atoms with van der Waals surface area (Å²) in [5.41, 5.74) is 2.74. The topological polar surface area (TPSA) is 68.2 Å². The van der Waals surface area contributed by atoms with Crippen LogP contribution in [-0.4, -0.2) is 38.9 Å². The van der Waals surface area contributed by atoms with Crippen LogP contribution >= 0.6 is 0 Å². The van der Waals surface area contributed by atoms with Crippen molar-refractivity contribution in [3.05, 3.63) is 72.3 Å². The van der Waals surface area contributed by atoms with Gasteiger partial charge in [0.1, 0.15) is 5.82 Å². The van der Waals surface area contributed by atoms with Gasteiger partial charge in [0.25, 0.3) is 5.91 Å². The monoisotopic (exact) mass is 434 g/mol. The van der Waals surface area contributed by atoms with Crippen LogP contribution in [0.5, 0.6) is 5.75 Å². The molecule has 1 aromatic carbocycles. The standard InChI is InChI=1S/C25H27FN4O2/c1-2-7-23-28-16-19(18-11-13-27-14-12-18)25(29-23)21-9-5-6-15-30(21)24(31)17-32-22-10-4-3-8-20(22)26/h3-4,8,10-14,16,21H,2,5-7,9,15,17H2,1H3/t21-/m1/s1. The Balaban J connectivity index is 1.63. The first-order valence-corrected chi connectivity index (χ1v) is 11.1. The molecule has 0 aliphatic carbocycles. The molecule has 2 aromatic heterocycles. The largest absolute Gasteiger partial charge is 0.481 e. The number of hydrogen-bond donors (Lipinski definition) is 0. The predicted molar refractivity (Wildman–Crippen MR) is 119 cm³/mol. The number of aromatic nitrogens is 3. The van der Waals surface area contributed by atoms with Gasteiger partial charge >= 0.3 is 0 Å². The second kappa shape index (κ2) is 10.3. The van der Waals surface area contributed by atoms with Crippen molar-refractivity contribution >= 4 is 5.91 Å². The van der Waals surface area contributed by atoms with E-state index in [4.69, 9.17) is 9.72 Å².